The van der Waals surface area contributed by atoms with Crippen LogP contribution in [0.1, 0.15) is 72.1 Å². The van der Waals surface area contributed by atoms with Crippen molar-refractivity contribution in [3.05, 3.63) is 47.6 Å². The number of hydrogen-bond acceptors (Lipinski definition) is 1. The Bertz CT molecular complexity index is 383. The van der Waals surface area contributed by atoms with Crippen LogP contribution in [-0.4, -0.2) is 6.29 Å². The molecule has 21 heavy (non-hydrogen) atoms. The molecule has 0 aromatic carbocycles. The van der Waals surface area contributed by atoms with Crippen LogP contribution in [0.3, 0.4) is 0 Å². The molecule has 1 heteroatoms. The van der Waals surface area contributed by atoms with Crippen molar-refractivity contribution in [2.45, 2.75) is 72.1 Å². The van der Waals surface area contributed by atoms with Crippen LogP contribution in [0.15, 0.2) is 47.6 Å². The van der Waals surface area contributed by atoms with Gasteiger partial charge in [0.2, 0.25) is 0 Å². The number of hydrogen-bond donors (Lipinski definition) is 0. The van der Waals surface area contributed by atoms with Crippen LogP contribution in [0, 0.1) is 0 Å². The lowest BCUT2D eigenvalue weighted by Crippen LogP contribution is -1.83. The third-order valence-electron chi connectivity index (χ3n) is 3.58. The van der Waals surface area contributed by atoms with Crippen molar-refractivity contribution in [1.29, 1.82) is 0 Å². The molecular formula is C20H32O. The molecule has 0 fully saturated rings. The van der Waals surface area contributed by atoms with Crippen LogP contribution in [0.2, 0.25) is 0 Å². The van der Waals surface area contributed by atoms with Gasteiger partial charge in [-0.3, -0.25) is 0 Å². The summed E-state index contributed by atoms with van der Waals surface area (Å²) in [6, 6.07) is 0. The summed E-state index contributed by atoms with van der Waals surface area (Å²) in [6.07, 6.45) is 18.1. The minimum absolute atomic E-state index is 0.647. The lowest BCUT2D eigenvalue weighted by Gasteiger charge is -2.02. The Kier molecular flexibility index (Phi) is 12.7. The SMILES string of the molecule is C=CCC/C=C(\C)CC/C=C(\C)CC/C=C(\C)CCC=O. The van der Waals surface area contributed by atoms with E-state index in [1.54, 1.807) is 0 Å². The summed E-state index contributed by atoms with van der Waals surface area (Å²) in [5.74, 6) is 0. The molecule has 0 aliphatic heterocycles. The van der Waals surface area contributed by atoms with Crippen LogP contribution in [0.4, 0.5) is 0 Å². The normalized spacial score (nSPS) is 13.4. The summed E-state index contributed by atoms with van der Waals surface area (Å²) < 4.78 is 0. The van der Waals surface area contributed by atoms with E-state index in [0.29, 0.717) is 6.42 Å². The molecule has 0 spiro atoms. The summed E-state index contributed by atoms with van der Waals surface area (Å²) in [6.45, 7) is 10.3. The third-order valence-corrected chi connectivity index (χ3v) is 3.58. The second kappa shape index (κ2) is 13.6. The molecule has 0 unspecified atom stereocenters. The zero-order valence-electron chi connectivity index (χ0n) is 14.2. The monoisotopic (exact) mass is 288 g/mol. The van der Waals surface area contributed by atoms with Crippen LogP contribution in [0.25, 0.3) is 0 Å². The van der Waals surface area contributed by atoms with Gasteiger partial charge < -0.3 is 4.79 Å². The third kappa shape index (κ3) is 13.4. The topological polar surface area (TPSA) is 17.1 Å². The van der Waals surface area contributed by atoms with Crippen LogP contribution in [0.5, 0.6) is 0 Å². The Balaban J connectivity index is 3.90. The molecule has 0 aliphatic rings. The van der Waals surface area contributed by atoms with Crippen LogP contribution in [-0.2, 0) is 4.79 Å². The molecular weight excluding hydrogens is 256 g/mol. The molecule has 0 heterocycles. The number of aldehydes is 1. The molecule has 0 rings (SSSR count). The second-order valence-corrected chi connectivity index (χ2v) is 5.80. The molecule has 0 bridgehead atoms. The summed E-state index contributed by atoms with van der Waals surface area (Å²) in [7, 11) is 0. The quantitative estimate of drug-likeness (QED) is 0.233. The minimum atomic E-state index is 0.647. The van der Waals surface area contributed by atoms with Gasteiger partial charge in [-0.15, -0.1) is 6.58 Å². The Morgan fingerprint density at radius 1 is 0.714 bits per heavy atom. The van der Waals surface area contributed by atoms with E-state index in [0.717, 1.165) is 51.2 Å². The van der Waals surface area contributed by atoms with Crippen molar-refractivity contribution in [3.8, 4) is 0 Å². The van der Waals surface area contributed by atoms with E-state index < -0.39 is 0 Å². The molecule has 118 valence electrons. The summed E-state index contributed by atoms with van der Waals surface area (Å²) in [5, 5.41) is 0. The van der Waals surface area contributed by atoms with Crippen molar-refractivity contribution in [3.63, 3.8) is 0 Å². The molecule has 0 radical (unpaired) electrons. The highest BCUT2D eigenvalue weighted by Crippen LogP contribution is 2.13. The van der Waals surface area contributed by atoms with Crippen molar-refractivity contribution < 1.29 is 4.79 Å². The van der Waals surface area contributed by atoms with E-state index in [2.05, 4.69) is 45.6 Å². The number of carbonyl (C=O) groups is 1. The van der Waals surface area contributed by atoms with E-state index in [1.807, 2.05) is 6.08 Å². The lowest BCUT2D eigenvalue weighted by atomic mass is 10.0. The fraction of sp³-hybridized carbons (Fsp3) is 0.550. The highest BCUT2D eigenvalue weighted by molar-refractivity contribution is 5.49. The van der Waals surface area contributed by atoms with E-state index in [-0.39, 0.29) is 0 Å². The molecule has 0 amide bonds. The predicted octanol–water partition coefficient (Wildman–Crippen LogP) is 6.33. The number of allylic oxidation sites excluding steroid dienone is 7. The van der Waals surface area contributed by atoms with E-state index in [4.69, 9.17) is 0 Å². The van der Waals surface area contributed by atoms with Crippen molar-refractivity contribution in [2.75, 3.05) is 0 Å². The fourth-order valence-electron chi connectivity index (χ4n) is 2.13. The molecule has 0 saturated heterocycles. The van der Waals surface area contributed by atoms with Crippen molar-refractivity contribution in [1.82, 2.24) is 0 Å². The van der Waals surface area contributed by atoms with Gasteiger partial charge in [0.1, 0.15) is 6.29 Å². The molecule has 0 saturated carbocycles. The zero-order valence-corrected chi connectivity index (χ0v) is 14.2. The standard InChI is InChI=1S/C20H32O/c1-5-6-7-11-18(2)12-8-13-19(3)14-9-15-20(4)16-10-17-21/h5,11,13,15,17H,1,6-10,12,14,16H2,2-4H3/b18-11+,19-13+,20-15+. The van der Waals surface area contributed by atoms with Gasteiger partial charge in [0.25, 0.3) is 0 Å². The summed E-state index contributed by atoms with van der Waals surface area (Å²) in [5.41, 5.74) is 4.27. The molecule has 0 aliphatic carbocycles. The Labute approximate surface area is 131 Å². The zero-order chi connectivity index (χ0) is 15.9. The molecule has 0 aromatic heterocycles. The fourth-order valence-corrected chi connectivity index (χ4v) is 2.13. The number of unbranched alkanes of at least 4 members (excludes halogenated alkanes) is 1. The van der Waals surface area contributed by atoms with Gasteiger partial charge in [0.15, 0.2) is 0 Å². The first-order valence-electron chi connectivity index (χ1n) is 8.11. The number of carbonyl (C=O) groups excluding carboxylic acids is 1. The maximum atomic E-state index is 10.3. The second-order valence-electron chi connectivity index (χ2n) is 5.80. The maximum absolute atomic E-state index is 10.3. The van der Waals surface area contributed by atoms with Crippen molar-refractivity contribution in [2.24, 2.45) is 0 Å². The lowest BCUT2D eigenvalue weighted by molar-refractivity contribution is -0.107. The predicted molar refractivity (Wildman–Crippen MR) is 94.5 cm³/mol. The smallest absolute Gasteiger partial charge is 0.120 e. The van der Waals surface area contributed by atoms with Crippen LogP contribution >= 0.6 is 0 Å². The largest absolute Gasteiger partial charge is 0.303 e. The summed E-state index contributed by atoms with van der Waals surface area (Å²) >= 11 is 0. The van der Waals surface area contributed by atoms with Gasteiger partial charge in [-0.1, -0.05) is 41.0 Å². The average molecular weight is 288 g/mol. The average Bonchev–Trinajstić information content (AvgIpc) is 2.45. The van der Waals surface area contributed by atoms with E-state index >= 15 is 0 Å². The van der Waals surface area contributed by atoms with Gasteiger partial charge in [0.05, 0.1) is 0 Å². The Morgan fingerprint density at radius 2 is 1.14 bits per heavy atom. The van der Waals surface area contributed by atoms with E-state index in [1.165, 1.54) is 16.7 Å². The first-order valence-corrected chi connectivity index (χ1v) is 8.11. The first-order chi connectivity index (χ1) is 10.1. The Hall–Kier alpha value is -1.37. The summed E-state index contributed by atoms with van der Waals surface area (Å²) in [4.78, 5) is 10.3. The van der Waals surface area contributed by atoms with Crippen molar-refractivity contribution >= 4 is 6.29 Å². The highest BCUT2D eigenvalue weighted by atomic mass is 16.1. The van der Waals surface area contributed by atoms with Gasteiger partial charge in [-0.05, 0) is 65.7 Å². The molecule has 0 atom stereocenters. The Morgan fingerprint density at radius 3 is 1.57 bits per heavy atom. The first kappa shape index (κ1) is 19.6. The minimum Gasteiger partial charge on any atom is -0.303 e. The maximum Gasteiger partial charge on any atom is 0.120 e. The van der Waals surface area contributed by atoms with Gasteiger partial charge in [0, 0.05) is 6.42 Å². The molecule has 0 aromatic rings. The molecule has 1 nitrogen and oxygen atoms in total. The molecule has 0 N–H and O–H groups in total. The van der Waals surface area contributed by atoms with Crippen LogP contribution < -0.4 is 0 Å². The van der Waals surface area contributed by atoms with E-state index in [9.17, 15) is 4.79 Å². The number of rotatable bonds is 12. The van der Waals surface area contributed by atoms with Gasteiger partial charge >= 0.3 is 0 Å². The van der Waals surface area contributed by atoms with Gasteiger partial charge in [-0.2, -0.15) is 0 Å². The van der Waals surface area contributed by atoms with Gasteiger partial charge in [-0.25, -0.2) is 0 Å². The highest BCUT2D eigenvalue weighted by Gasteiger charge is 1.93.